The molecule has 2 aromatic rings. The number of rotatable bonds is 13. The van der Waals surface area contributed by atoms with Gasteiger partial charge in [0.05, 0.1) is 29.2 Å². The van der Waals surface area contributed by atoms with E-state index in [9.17, 15) is 79.1 Å². The lowest BCUT2D eigenvalue weighted by Crippen LogP contribution is -2.63. The van der Waals surface area contributed by atoms with E-state index in [-0.39, 0.29) is 80.4 Å². The molecule has 2 aromatic carbocycles. The Balaban J connectivity index is 1.87. The molecule has 0 aromatic heterocycles. The van der Waals surface area contributed by atoms with Gasteiger partial charge in [0.1, 0.15) is 47.8 Å². The van der Waals surface area contributed by atoms with Crippen LogP contribution in [0.15, 0.2) is 42.5 Å². The molecule has 96 heavy (non-hydrogen) atoms. The molecule has 11 amide bonds. The van der Waals surface area contributed by atoms with Crippen molar-refractivity contribution in [2.45, 2.75) is 200 Å². The van der Waals surface area contributed by atoms with Gasteiger partial charge in [0.2, 0.25) is 65.0 Å². The Morgan fingerprint density at radius 1 is 0.583 bits per heavy atom. The van der Waals surface area contributed by atoms with E-state index in [4.69, 9.17) is 11.6 Å². The molecule has 2 heterocycles. The van der Waals surface area contributed by atoms with Crippen LogP contribution >= 0.6 is 11.6 Å². The first-order chi connectivity index (χ1) is 44.3. The number of nitrogens with one attached hydrogen (secondary N) is 4. The number of nitrogens with zero attached hydrogens (tertiary/aromatic N) is 7. The van der Waals surface area contributed by atoms with Crippen LogP contribution in [0, 0.1) is 23.7 Å². The highest BCUT2D eigenvalue weighted by Gasteiger charge is 2.46. The van der Waals surface area contributed by atoms with E-state index in [2.05, 4.69) is 21.3 Å². The molecule has 0 saturated carbocycles. The normalized spacial score (nSPS) is 24.4. The summed E-state index contributed by atoms with van der Waals surface area (Å²) in [6, 6.07) is -3.42. The summed E-state index contributed by atoms with van der Waals surface area (Å²) in [4.78, 5) is 168. The summed E-state index contributed by atoms with van der Waals surface area (Å²) in [7, 11) is 7.99. The van der Waals surface area contributed by atoms with Gasteiger partial charge in [-0.1, -0.05) is 91.6 Å². The van der Waals surface area contributed by atoms with E-state index in [1.54, 1.807) is 34.6 Å². The highest BCUT2D eigenvalue weighted by Crippen LogP contribution is 2.36. The number of carbonyl (C=O) groups is 11. The summed E-state index contributed by atoms with van der Waals surface area (Å²) >= 11 is 6.07. The second-order valence-electron chi connectivity index (χ2n) is 27.4. The molecule has 536 valence electrons. The maximum Gasteiger partial charge on any atom is 0.417 e. The number of likely N-dealkylation sites (N-methyl/N-ethyl adjacent to an activating group) is 6. The number of alkyl halides is 6. The number of aryl methyl sites for hydroxylation is 1. The van der Waals surface area contributed by atoms with Gasteiger partial charge in [-0.25, -0.2) is 0 Å². The lowest BCUT2D eigenvalue weighted by molar-refractivity contribution is -0.157. The molecule has 0 unspecified atom stereocenters. The number of fused-ring (bicyclic) bond motifs is 1. The second-order valence-corrected chi connectivity index (χ2v) is 27.8. The van der Waals surface area contributed by atoms with Crippen molar-refractivity contribution in [2.75, 3.05) is 61.9 Å². The first-order valence-corrected chi connectivity index (χ1v) is 32.8. The van der Waals surface area contributed by atoms with Crippen LogP contribution < -0.4 is 21.3 Å². The first-order valence-electron chi connectivity index (χ1n) is 32.4. The maximum atomic E-state index is 14.8. The third-order valence-electron chi connectivity index (χ3n) is 18.1. The van der Waals surface area contributed by atoms with Gasteiger partial charge in [-0.15, -0.1) is 0 Å². The molecule has 2 saturated heterocycles. The van der Waals surface area contributed by atoms with E-state index in [0.717, 1.165) is 62.1 Å². The fraction of sp³-hybridized carbons (Fsp3) is 0.657. The molecule has 22 nitrogen and oxygen atoms in total. The van der Waals surface area contributed by atoms with E-state index in [0.29, 0.717) is 6.42 Å². The third-order valence-corrected chi connectivity index (χ3v) is 18.4. The van der Waals surface area contributed by atoms with Crippen LogP contribution in [-0.2, 0) is 77.9 Å². The van der Waals surface area contributed by atoms with Crippen LogP contribution in [0.2, 0.25) is 5.02 Å². The molecule has 2 fully saturated rings. The zero-order chi connectivity index (χ0) is 73.0. The van der Waals surface area contributed by atoms with E-state index in [1.807, 2.05) is 27.7 Å². The SMILES string of the molecule is CC[C@H](C)[C@@H]1NC(=O)[C@H](CC(C)C)N(C)C(=O)C[C@@H](C)N(C)C(=O)[C@H](CC(C)C)NC(=O)C(C)(C)N(C)C(=O)[C@H](CC(C)C)NC(=O)[C@H](CCc2ccc(C(F)(F)F)c(Cl)c2)NC(=O)CN(C)C(=O)[C@H](Cc2ccc(C(F)(F)F)cc2)N(C)C(=O)[C@@H]2CCN2C(=O)CN(C)C1=O. The smallest absolute Gasteiger partial charge is 0.343 e. The Bertz CT molecular complexity index is 3130. The second kappa shape index (κ2) is 34.1. The highest BCUT2D eigenvalue weighted by atomic mass is 35.5. The number of amides is 11. The Kier molecular flexibility index (Phi) is 28.8. The van der Waals surface area contributed by atoms with Gasteiger partial charge < -0.3 is 55.6 Å². The van der Waals surface area contributed by atoms with Crippen molar-refractivity contribution in [2.24, 2.45) is 23.7 Å². The standard InChI is InChI=1S/C67H98ClF6N11O11/c1-18-40(8)56-63(95)80(13)36-55(88)85-28-27-50(85)62(94)83(16)52(34-43-19-23-44(24-20-43)66(69,70)71)61(93)79(12)35-53(86)75-47(26-22-42-21-25-45(46(68)33-42)67(72,73)74)57(89)76-49(30-38(4)5)60(92)84(17)65(10,11)64(96)77-48(29-37(2)3)59(91)81(14)41(9)32-54(87)82(15)51(31-39(6)7)58(90)78-56/h19-21,23-25,33,37-41,47-52,56H,18,22,26-32,34-36H2,1-17H3,(H,75,86)(H,76,89)(H,77,96)(H,78,90)/t40-,41+,47-,48-,49-,50-,51-,52-,56-/m0/s1. The van der Waals surface area contributed by atoms with Crippen molar-refractivity contribution in [3.8, 4) is 0 Å². The summed E-state index contributed by atoms with van der Waals surface area (Å²) in [5.74, 6) is -9.54. The van der Waals surface area contributed by atoms with Gasteiger partial charge in [0, 0.05) is 67.7 Å². The fourth-order valence-corrected chi connectivity index (χ4v) is 11.7. The number of halogens is 7. The lowest BCUT2D eigenvalue weighted by Gasteiger charge is -2.43. The maximum absolute atomic E-state index is 14.8. The van der Waals surface area contributed by atoms with Gasteiger partial charge in [-0.3, -0.25) is 52.7 Å². The minimum Gasteiger partial charge on any atom is -0.343 e. The van der Waals surface area contributed by atoms with Gasteiger partial charge in [-0.05, 0) is 118 Å². The molecule has 2 aliphatic heterocycles. The Labute approximate surface area is 564 Å². The third kappa shape index (κ3) is 21.5. The molecule has 0 radical (unpaired) electrons. The number of carbonyl (C=O) groups excluding carboxylic acids is 11. The number of hydrogen-bond donors (Lipinski definition) is 4. The van der Waals surface area contributed by atoms with Crippen LogP contribution in [0.3, 0.4) is 0 Å². The summed E-state index contributed by atoms with van der Waals surface area (Å²) in [6.07, 6.45) is -10.1. The van der Waals surface area contributed by atoms with E-state index >= 15 is 0 Å². The summed E-state index contributed by atoms with van der Waals surface area (Å²) in [5.41, 5.74) is -3.53. The average Bonchev–Trinajstić information content (AvgIpc) is 0.794. The Morgan fingerprint density at radius 2 is 1.14 bits per heavy atom. The lowest BCUT2D eigenvalue weighted by atomic mass is 9.95. The van der Waals surface area contributed by atoms with Crippen LogP contribution in [-0.4, -0.2) is 215 Å². The fourth-order valence-electron chi connectivity index (χ4n) is 11.3. The predicted octanol–water partition coefficient (Wildman–Crippen LogP) is 6.34. The van der Waals surface area contributed by atoms with E-state index < -0.39 is 173 Å². The molecule has 0 spiro atoms. The summed E-state index contributed by atoms with van der Waals surface area (Å²) < 4.78 is 82.6. The number of benzene rings is 2. The monoisotopic (exact) mass is 1380 g/mol. The van der Waals surface area contributed by atoms with Crippen molar-refractivity contribution in [1.29, 1.82) is 0 Å². The molecule has 4 N–H and O–H groups in total. The van der Waals surface area contributed by atoms with Crippen molar-refractivity contribution in [3.05, 3.63) is 69.7 Å². The molecule has 4 rings (SSSR count). The van der Waals surface area contributed by atoms with Crippen molar-refractivity contribution in [1.82, 2.24) is 55.6 Å². The molecular weight excluding hydrogens is 1280 g/mol. The van der Waals surface area contributed by atoms with Crippen LogP contribution in [0.5, 0.6) is 0 Å². The zero-order valence-corrected chi connectivity index (χ0v) is 59.0. The van der Waals surface area contributed by atoms with Crippen LogP contribution in [0.4, 0.5) is 26.3 Å². The van der Waals surface area contributed by atoms with Gasteiger partial charge in [-0.2, -0.15) is 26.3 Å². The van der Waals surface area contributed by atoms with Crippen molar-refractivity contribution < 1.29 is 79.1 Å². The molecule has 2 aliphatic rings. The molecule has 9 atom stereocenters. The van der Waals surface area contributed by atoms with E-state index in [1.165, 1.54) is 70.8 Å². The molecular formula is C67H98ClF6N11O11. The van der Waals surface area contributed by atoms with Gasteiger partial charge in [0.25, 0.3) is 0 Å². The van der Waals surface area contributed by atoms with Gasteiger partial charge in [0.15, 0.2) is 0 Å². The van der Waals surface area contributed by atoms with Crippen LogP contribution in [0.1, 0.15) is 143 Å². The largest absolute Gasteiger partial charge is 0.417 e. The number of hydrogen-bond acceptors (Lipinski definition) is 11. The Morgan fingerprint density at radius 3 is 1.65 bits per heavy atom. The minimum atomic E-state index is -4.81. The topological polar surface area (TPSA) is 259 Å². The first kappa shape index (κ1) is 80.9. The Hall–Kier alpha value is -7.52. The molecule has 0 bridgehead atoms. The van der Waals surface area contributed by atoms with Crippen molar-refractivity contribution >= 4 is 76.6 Å². The quantitative estimate of drug-likeness (QED) is 0.161. The highest BCUT2D eigenvalue weighted by molar-refractivity contribution is 6.31. The van der Waals surface area contributed by atoms with Crippen LogP contribution in [0.25, 0.3) is 0 Å². The summed E-state index contributed by atoms with van der Waals surface area (Å²) in [6.45, 7) is 17.4. The molecule has 29 heteroatoms. The molecule has 0 aliphatic carbocycles. The van der Waals surface area contributed by atoms with Gasteiger partial charge >= 0.3 is 12.4 Å². The summed E-state index contributed by atoms with van der Waals surface area (Å²) in [5, 5.41) is 10.3. The zero-order valence-electron chi connectivity index (χ0n) is 58.2. The minimum absolute atomic E-state index is 0.0326. The average molecular weight is 1380 g/mol. The predicted molar refractivity (Wildman–Crippen MR) is 348 cm³/mol. The van der Waals surface area contributed by atoms with Crippen molar-refractivity contribution in [3.63, 3.8) is 0 Å².